The van der Waals surface area contributed by atoms with Gasteiger partial charge >= 0.3 is 0 Å². The second kappa shape index (κ2) is 12.3. The number of rotatable bonds is 9. The second-order valence-electron chi connectivity index (χ2n) is 6.47. The van der Waals surface area contributed by atoms with Crippen LogP contribution in [0.3, 0.4) is 0 Å². The van der Waals surface area contributed by atoms with E-state index < -0.39 is 0 Å². The van der Waals surface area contributed by atoms with E-state index in [2.05, 4.69) is 12.1 Å². The number of carbonyl (C=O) groups is 1. The third-order valence-corrected chi connectivity index (χ3v) is 4.53. The summed E-state index contributed by atoms with van der Waals surface area (Å²) in [6, 6.07) is 10.3. The van der Waals surface area contributed by atoms with E-state index in [0.717, 1.165) is 31.2 Å². The maximum Gasteiger partial charge on any atom is 0.226 e. The van der Waals surface area contributed by atoms with Crippen molar-refractivity contribution >= 4 is 18.3 Å². The van der Waals surface area contributed by atoms with Crippen LogP contribution in [0.1, 0.15) is 31.2 Å². The highest BCUT2D eigenvalue weighted by atomic mass is 35.5. The van der Waals surface area contributed by atoms with Crippen molar-refractivity contribution in [3.05, 3.63) is 35.9 Å². The van der Waals surface area contributed by atoms with Crippen molar-refractivity contribution in [1.82, 2.24) is 4.90 Å². The van der Waals surface area contributed by atoms with Crippen LogP contribution in [-0.4, -0.2) is 50.3 Å². The number of hydrogen-bond donors (Lipinski definition) is 1. The maximum atomic E-state index is 13.0. The van der Waals surface area contributed by atoms with Gasteiger partial charge in [-0.3, -0.25) is 4.79 Å². The summed E-state index contributed by atoms with van der Waals surface area (Å²) in [5.41, 5.74) is 7.20. The van der Waals surface area contributed by atoms with E-state index >= 15 is 0 Å². The Kier molecular flexibility index (Phi) is 10.7. The van der Waals surface area contributed by atoms with E-state index in [9.17, 15) is 4.79 Å². The summed E-state index contributed by atoms with van der Waals surface area (Å²) in [5.74, 6) is 0.265. The van der Waals surface area contributed by atoms with E-state index in [1.54, 1.807) is 7.11 Å². The molecule has 0 spiro atoms. The van der Waals surface area contributed by atoms with Crippen molar-refractivity contribution in [3.63, 3.8) is 0 Å². The highest BCUT2D eigenvalue weighted by molar-refractivity contribution is 5.85. The molecule has 1 saturated carbocycles. The molecular formula is C19H31ClN2O3. The molecule has 0 radical (unpaired) electrons. The van der Waals surface area contributed by atoms with Crippen molar-refractivity contribution in [2.24, 2.45) is 11.7 Å². The maximum absolute atomic E-state index is 13.0. The largest absolute Gasteiger partial charge is 0.382 e. The lowest BCUT2D eigenvalue weighted by molar-refractivity contribution is -0.138. The summed E-state index contributed by atoms with van der Waals surface area (Å²) in [7, 11) is 1.65. The van der Waals surface area contributed by atoms with Crippen LogP contribution in [0.2, 0.25) is 0 Å². The van der Waals surface area contributed by atoms with Gasteiger partial charge in [0.25, 0.3) is 0 Å². The molecule has 6 heteroatoms. The summed E-state index contributed by atoms with van der Waals surface area (Å²) in [4.78, 5) is 14.9. The molecule has 0 aromatic heterocycles. The number of ether oxygens (including phenoxy) is 2. The molecule has 1 aromatic rings. The number of amides is 1. The van der Waals surface area contributed by atoms with Crippen LogP contribution >= 0.6 is 12.4 Å². The molecule has 1 amide bonds. The first-order valence-corrected chi connectivity index (χ1v) is 8.85. The number of nitrogens with zero attached hydrogens (tertiary/aromatic N) is 1. The molecule has 1 aromatic carbocycles. The number of carbonyl (C=O) groups excluding carboxylic acids is 1. The zero-order valence-corrected chi connectivity index (χ0v) is 15.9. The Labute approximate surface area is 157 Å². The Balaban J connectivity index is 0.00000312. The summed E-state index contributed by atoms with van der Waals surface area (Å²) < 4.78 is 10.5. The lowest BCUT2D eigenvalue weighted by atomic mass is 9.85. The van der Waals surface area contributed by atoms with Crippen molar-refractivity contribution in [3.8, 4) is 0 Å². The highest BCUT2D eigenvalue weighted by Crippen LogP contribution is 2.25. The van der Waals surface area contributed by atoms with Crippen LogP contribution in [0.15, 0.2) is 30.3 Å². The average Bonchev–Trinajstić information content (AvgIpc) is 2.61. The van der Waals surface area contributed by atoms with Gasteiger partial charge in [0, 0.05) is 32.2 Å². The minimum absolute atomic E-state index is 0. The molecule has 1 aliphatic carbocycles. The SMILES string of the molecule is COCCOCCN(Cc1ccccc1)C(=O)C1CCCC(N)C1.Cl. The standard InChI is InChI=1S/C19H30N2O3.ClH/c1-23-12-13-24-11-10-21(15-16-6-3-2-4-7-16)19(22)17-8-5-9-18(20)14-17;/h2-4,6-7,17-18H,5,8-15,20H2,1H3;1H. The van der Waals surface area contributed by atoms with Crippen LogP contribution < -0.4 is 5.73 Å². The van der Waals surface area contributed by atoms with E-state index in [1.165, 1.54) is 0 Å². The molecule has 25 heavy (non-hydrogen) atoms. The lowest BCUT2D eigenvalue weighted by Gasteiger charge is -2.31. The first-order chi connectivity index (χ1) is 11.7. The number of nitrogens with two attached hydrogens (primary N) is 1. The van der Waals surface area contributed by atoms with Gasteiger partial charge in [0.1, 0.15) is 0 Å². The molecule has 2 N–H and O–H groups in total. The van der Waals surface area contributed by atoms with Gasteiger partial charge < -0.3 is 20.1 Å². The van der Waals surface area contributed by atoms with Crippen LogP contribution in [0.25, 0.3) is 0 Å². The zero-order valence-electron chi connectivity index (χ0n) is 15.1. The van der Waals surface area contributed by atoms with Gasteiger partial charge in [-0.25, -0.2) is 0 Å². The predicted octanol–water partition coefficient (Wildman–Crippen LogP) is 2.62. The molecule has 1 aliphatic rings. The van der Waals surface area contributed by atoms with Crippen molar-refractivity contribution in [2.75, 3.05) is 33.5 Å². The van der Waals surface area contributed by atoms with Crippen LogP contribution in [0.5, 0.6) is 0 Å². The molecule has 1 fully saturated rings. The second-order valence-corrected chi connectivity index (χ2v) is 6.47. The number of methoxy groups -OCH3 is 1. The Bertz CT molecular complexity index is 487. The molecule has 0 bridgehead atoms. The fourth-order valence-corrected chi connectivity index (χ4v) is 3.20. The Morgan fingerprint density at radius 2 is 1.96 bits per heavy atom. The monoisotopic (exact) mass is 370 g/mol. The lowest BCUT2D eigenvalue weighted by Crippen LogP contribution is -2.41. The Morgan fingerprint density at radius 1 is 1.20 bits per heavy atom. The van der Waals surface area contributed by atoms with E-state index in [1.807, 2.05) is 23.1 Å². The highest BCUT2D eigenvalue weighted by Gasteiger charge is 2.28. The first kappa shape index (κ1) is 21.9. The normalized spacial score (nSPS) is 19.9. The zero-order chi connectivity index (χ0) is 17.2. The van der Waals surface area contributed by atoms with Gasteiger partial charge in [-0.15, -0.1) is 12.4 Å². The van der Waals surface area contributed by atoms with Gasteiger partial charge in [-0.05, 0) is 24.8 Å². The van der Waals surface area contributed by atoms with Crippen LogP contribution in [0.4, 0.5) is 0 Å². The van der Waals surface area contributed by atoms with Gasteiger partial charge in [0.15, 0.2) is 0 Å². The molecule has 0 aliphatic heterocycles. The smallest absolute Gasteiger partial charge is 0.226 e. The molecule has 0 saturated heterocycles. The number of halogens is 1. The van der Waals surface area contributed by atoms with Gasteiger partial charge in [0.05, 0.1) is 19.8 Å². The molecule has 142 valence electrons. The summed E-state index contributed by atoms with van der Waals surface area (Å²) in [6.07, 6.45) is 3.82. The van der Waals surface area contributed by atoms with Crippen LogP contribution in [-0.2, 0) is 20.8 Å². The molecule has 2 rings (SSSR count). The molecule has 0 heterocycles. The van der Waals surface area contributed by atoms with E-state index in [4.69, 9.17) is 15.2 Å². The summed E-state index contributed by atoms with van der Waals surface area (Å²) >= 11 is 0. The van der Waals surface area contributed by atoms with Gasteiger partial charge in [-0.1, -0.05) is 36.8 Å². The minimum atomic E-state index is 0. The average molecular weight is 371 g/mol. The Hall–Kier alpha value is -1.14. The van der Waals surface area contributed by atoms with Gasteiger partial charge in [-0.2, -0.15) is 0 Å². The quantitative estimate of drug-likeness (QED) is 0.678. The van der Waals surface area contributed by atoms with Crippen molar-refractivity contribution < 1.29 is 14.3 Å². The Morgan fingerprint density at radius 3 is 2.64 bits per heavy atom. The van der Waals surface area contributed by atoms with Crippen molar-refractivity contribution in [1.29, 1.82) is 0 Å². The molecule has 2 atom stereocenters. The van der Waals surface area contributed by atoms with Crippen LogP contribution in [0, 0.1) is 5.92 Å². The summed E-state index contributed by atoms with van der Waals surface area (Å²) in [5, 5.41) is 0. The fraction of sp³-hybridized carbons (Fsp3) is 0.632. The van der Waals surface area contributed by atoms with E-state index in [-0.39, 0.29) is 30.3 Å². The van der Waals surface area contributed by atoms with E-state index in [0.29, 0.717) is 32.9 Å². The molecule has 2 unspecified atom stereocenters. The molecular weight excluding hydrogens is 340 g/mol. The predicted molar refractivity (Wildman–Crippen MR) is 102 cm³/mol. The first-order valence-electron chi connectivity index (χ1n) is 8.85. The molecule has 5 nitrogen and oxygen atoms in total. The number of hydrogen-bond acceptors (Lipinski definition) is 4. The topological polar surface area (TPSA) is 64.8 Å². The van der Waals surface area contributed by atoms with Crippen molar-refractivity contribution in [2.45, 2.75) is 38.3 Å². The summed E-state index contributed by atoms with van der Waals surface area (Å²) in [6.45, 7) is 2.88. The van der Waals surface area contributed by atoms with Gasteiger partial charge in [0.2, 0.25) is 5.91 Å². The number of benzene rings is 1. The third kappa shape index (κ3) is 7.74. The minimum Gasteiger partial charge on any atom is -0.382 e. The fourth-order valence-electron chi connectivity index (χ4n) is 3.20. The third-order valence-electron chi connectivity index (χ3n) is 4.53.